The maximum Gasteiger partial charge on any atom is 0.161 e. The van der Waals surface area contributed by atoms with Gasteiger partial charge in [0.25, 0.3) is 0 Å². The monoisotopic (exact) mass is 372 g/mol. The Morgan fingerprint density at radius 2 is 1.75 bits per heavy atom. The molecule has 0 spiro atoms. The van der Waals surface area contributed by atoms with Gasteiger partial charge in [0.1, 0.15) is 17.3 Å². The van der Waals surface area contributed by atoms with Gasteiger partial charge in [0, 0.05) is 17.8 Å². The number of azo groups is 1. The lowest BCUT2D eigenvalue weighted by Crippen LogP contribution is -2.12. The van der Waals surface area contributed by atoms with E-state index in [1.165, 1.54) is 0 Å². The number of nitrogens with zero attached hydrogens (tertiary/aromatic N) is 4. The highest BCUT2D eigenvalue weighted by Gasteiger charge is 2.28. The number of aryl methyl sites for hydroxylation is 1. The number of hydrogen-bond acceptors (Lipinski definition) is 5. The molecule has 4 rings (SSSR count). The van der Waals surface area contributed by atoms with Gasteiger partial charge in [-0.25, -0.2) is 0 Å². The lowest BCUT2D eigenvalue weighted by atomic mass is 9.95. The summed E-state index contributed by atoms with van der Waals surface area (Å²) >= 11 is 0. The van der Waals surface area contributed by atoms with Crippen molar-refractivity contribution in [2.75, 3.05) is 14.2 Å². The minimum absolute atomic E-state index is 0.533. The maximum atomic E-state index is 9.92. The Kier molecular flexibility index (Phi) is 4.58. The molecule has 0 N–H and O–H groups in total. The first-order valence-corrected chi connectivity index (χ1v) is 9.03. The molecule has 28 heavy (non-hydrogen) atoms. The molecule has 0 saturated heterocycles. The van der Waals surface area contributed by atoms with Gasteiger partial charge in [-0.05, 0) is 43.2 Å². The van der Waals surface area contributed by atoms with Crippen LogP contribution in [-0.4, -0.2) is 18.8 Å². The Morgan fingerprint density at radius 1 is 1.04 bits per heavy atom. The standard InChI is InChI=1S/C22H20N4O2/c1-14-21(25-24-16-7-5-4-6-8-16)18(13-23)22-17-12-20(28-3)19(27-2)11-15(17)9-10-26(14)22/h4-8,11-12H,9-10H2,1-3H3. The Bertz CT molecular complexity index is 1110. The van der Waals surface area contributed by atoms with Crippen molar-refractivity contribution in [1.29, 1.82) is 5.26 Å². The van der Waals surface area contributed by atoms with E-state index < -0.39 is 0 Å². The van der Waals surface area contributed by atoms with E-state index >= 15 is 0 Å². The topological polar surface area (TPSA) is 71.9 Å². The summed E-state index contributed by atoms with van der Waals surface area (Å²) < 4.78 is 13.1. The largest absolute Gasteiger partial charge is 0.493 e. The predicted octanol–water partition coefficient (Wildman–Crippen LogP) is 5.32. The third kappa shape index (κ3) is 2.81. The highest BCUT2D eigenvalue weighted by Crippen LogP contribution is 2.44. The minimum atomic E-state index is 0.533. The molecule has 0 radical (unpaired) electrons. The molecule has 0 saturated carbocycles. The molecule has 6 heteroatoms. The SMILES string of the molecule is COc1cc2c(cc1OC)-c1c(C#N)c(N=Nc3ccccc3)c(C)n1CC2. The van der Waals surface area contributed by atoms with Crippen LogP contribution in [0.3, 0.4) is 0 Å². The molecule has 1 aliphatic rings. The molecule has 6 nitrogen and oxygen atoms in total. The smallest absolute Gasteiger partial charge is 0.161 e. The van der Waals surface area contributed by atoms with Crippen molar-refractivity contribution in [3.8, 4) is 28.8 Å². The van der Waals surface area contributed by atoms with E-state index in [1.54, 1.807) is 14.2 Å². The van der Waals surface area contributed by atoms with Gasteiger partial charge in [0.15, 0.2) is 11.5 Å². The number of ether oxygens (including phenoxy) is 2. The fourth-order valence-corrected chi connectivity index (χ4v) is 3.69. The van der Waals surface area contributed by atoms with Gasteiger partial charge in [-0.2, -0.15) is 10.4 Å². The number of benzene rings is 2. The fourth-order valence-electron chi connectivity index (χ4n) is 3.69. The van der Waals surface area contributed by atoms with Crippen LogP contribution in [0.4, 0.5) is 11.4 Å². The van der Waals surface area contributed by atoms with Crippen molar-refractivity contribution in [3.63, 3.8) is 0 Å². The van der Waals surface area contributed by atoms with Gasteiger partial charge in [0.2, 0.25) is 0 Å². The van der Waals surface area contributed by atoms with Crippen LogP contribution < -0.4 is 9.47 Å². The highest BCUT2D eigenvalue weighted by molar-refractivity contribution is 5.81. The van der Waals surface area contributed by atoms with Crippen molar-refractivity contribution in [3.05, 3.63) is 59.3 Å². The first-order valence-electron chi connectivity index (χ1n) is 9.03. The minimum Gasteiger partial charge on any atom is -0.493 e. The van der Waals surface area contributed by atoms with Crippen LogP contribution in [0, 0.1) is 18.3 Å². The van der Waals surface area contributed by atoms with Crippen molar-refractivity contribution >= 4 is 11.4 Å². The normalized spacial score (nSPS) is 12.4. The average molecular weight is 372 g/mol. The number of aromatic nitrogens is 1. The summed E-state index contributed by atoms with van der Waals surface area (Å²) in [4.78, 5) is 0. The second kappa shape index (κ2) is 7.20. The number of fused-ring (bicyclic) bond motifs is 3. The fraction of sp³-hybridized carbons (Fsp3) is 0.227. The van der Waals surface area contributed by atoms with Gasteiger partial charge in [-0.1, -0.05) is 18.2 Å². The van der Waals surface area contributed by atoms with Crippen molar-refractivity contribution < 1.29 is 9.47 Å². The zero-order valence-electron chi connectivity index (χ0n) is 16.1. The maximum absolute atomic E-state index is 9.92. The summed E-state index contributed by atoms with van der Waals surface area (Å²) in [6.45, 7) is 2.76. The van der Waals surface area contributed by atoms with E-state index in [4.69, 9.17) is 9.47 Å². The Hall–Kier alpha value is -3.59. The Morgan fingerprint density at radius 3 is 2.43 bits per heavy atom. The molecular weight excluding hydrogens is 352 g/mol. The lowest BCUT2D eigenvalue weighted by Gasteiger charge is -2.22. The first kappa shape index (κ1) is 17.8. The summed E-state index contributed by atoms with van der Waals surface area (Å²) in [5.74, 6) is 1.34. The van der Waals surface area contributed by atoms with Crippen LogP contribution in [0.15, 0.2) is 52.7 Å². The van der Waals surface area contributed by atoms with Crippen LogP contribution in [0.25, 0.3) is 11.3 Å². The Balaban J connectivity index is 1.89. The molecule has 0 fully saturated rings. The number of methoxy groups -OCH3 is 2. The molecule has 140 valence electrons. The van der Waals surface area contributed by atoms with Crippen LogP contribution in [0.5, 0.6) is 11.5 Å². The molecule has 0 bridgehead atoms. The summed E-state index contributed by atoms with van der Waals surface area (Å²) in [7, 11) is 3.24. The third-order valence-electron chi connectivity index (χ3n) is 5.09. The molecule has 3 aromatic rings. The number of nitriles is 1. The van der Waals surface area contributed by atoms with Crippen LogP contribution in [-0.2, 0) is 13.0 Å². The molecule has 0 amide bonds. The van der Waals surface area contributed by atoms with Crippen LogP contribution in [0.2, 0.25) is 0 Å². The zero-order chi connectivity index (χ0) is 19.7. The summed E-state index contributed by atoms with van der Waals surface area (Å²) in [6.07, 6.45) is 0.846. The second-order valence-electron chi connectivity index (χ2n) is 6.57. The molecule has 2 heterocycles. The summed E-state index contributed by atoms with van der Waals surface area (Å²) in [5, 5.41) is 18.7. The third-order valence-corrected chi connectivity index (χ3v) is 5.09. The molecular formula is C22H20N4O2. The van der Waals surface area contributed by atoms with Crippen molar-refractivity contribution in [2.45, 2.75) is 19.9 Å². The quantitative estimate of drug-likeness (QED) is 0.582. The average Bonchev–Trinajstić information content (AvgIpc) is 3.03. The Labute approximate surface area is 163 Å². The van der Waals surface area contributed by atoms with Crippen LogP contribution >= 0.6 is 0 Å². The van der Waals surface area contributed by atoms with E-state index in [1.807, 2.05) is 49.4 Å². The highest BCUT2D eigenvalue weighted by atomic mass is 16.5. The number of rotatable bonds is 4. The van der Waals surface area contributed by atoms with Crippen molar-refractivity contribution in [2.24, 2.45) is 10.2 Å². The first-order chi connectivity index (χ1) is 13.7. The second-order valence-corrected chi connectivity index (χ2v) is 6.57. The predicted molar refractivity (Wildman–Crippen MR) is 107 cm³/mol. The van der Waals surface area contributed by atoms with Gasteiger partial charge >= 0.3 is 0 Å². The van der Waals surface area contributed by atoms with E-state index in [-0.39, 0.29) is 0 Å². The lowest BCUT2D eigenvalue weighted by molar-refractivity contribution is 0.354. The van der Waals surface area contributed by atoms with Crippen molar-refractivity contribution in [1.82, 2.24) is 4.57 Å². The van der Waals surface area contributed by atoms with E-state index in [0.29, 0.717) is 22.7 Å². The van der Waals surface area contributed by atoms with Gasteiger partial charge in [0.05, 0.1) is 25.6 Å². The zero-order valence-corrected chi connectivity index (χ0v) is 16.1. The molecule has 1 aromatic heterocycles. The van der Waals surface area contributed by atoms with Gasteiger partial charge < -0.3 is 14.0 Å². The summed E-state index contributed by atoms with van der Waals surface area (Å²) in [5.41, 5.74) is 5.81. The summed E-state index contributed by atoms with van der Waals surface area (Å²) in [6, 6.07) is 15.8. The number of hydrogen-bond donors (Lipinski definition) is 0. The van der Waals surface area contributed by atoms with Gasteiger partial charge in [-0.3, -0.25) is 0 Å². The molecule has 2 aromatic carbocycles. The van der Waals surface area contributed by atoms with Crippen LogP contribution in [0.1, 0.15) is 16.8 Å². The van der Waals surface area contributed by atoms with E-state index in [9.17, 15) is 5.26 Å². The van der Waals surface area contributed by atoms with Gasteiger partial charge in [-0.15, -0.1) is 5.11 Å². The van der Waals surface area contributed by atoms with E-state index in [0.717, 1.165) is 41.2 Å². The molecule has 0 atom stereocenters. The molecule has 1 aliphatic heterocycles. The molecule has 0 unspecified atom stereocenters. The van der Waals surface area contributed by atoms with E-state index in [2.05, 4.69) is 20.9 Å². The molecule has 0 aliphatic carbocycles.